The van der Waals surface area contributed by atoms with Gasteiger partial charge in [0.2, 0.25) is 11.9 Å². The van der Waals surface area contributed by atoms with E-state index in [4.69, 9.17) is 9.90 Å². The van der Waals surface area contributed by atoms with Gasteiger partial charge in [-0.25, -0.2) is 9.78 Å². The van der Waals surface area contributed by atoms with Gasteiger partial charge in [0.15, 0.2) is 0 Å². The van der Waals surface area contributed by atoms with Crippen molar-refractivity contribution in [1.82, 2.24) is 15.3 Å². The van der Waals surface area contributed by atoms with Crippen molar-refractivity contribution in [2.24, 2.45) is 0 Å². The lowest BCUT2D eigenvalue weighted by Gasteiger charge is -2.24. The molecular weight excluding hydrogens is 543 g/mol. The second-order valence-corrected chi connectivity index (χ2v) is 9.58. The fourth-order valence-electron chi connectivity index (χ4n) is 4.58. The van der Waals surface area contributed by atoms with Crippen molar-refractivity contribution in [1.29, 1.82) is 0 Å². The molecule has 1 aliphatic rings. The normalized spacial score (nSPS) is 15.0. The van der Waals surface area contributed by atoms with Crippen LogP contribution in [0.5, 0.6) is 0 Å². The molecule has 41 heavy (non-hydrogen) atoms. The first-order chi connectivity index (χ1) is 19.6. The van der Waals surface area contributed by atoms with Crippen molar-refractivity contribution in [3.05, 3.63) is 54.1 Å². The van der Waals surface area contributed by atoms with E-state index in [-0.39, 0.29) is 18.2 Å². The van der Waals surface area contributed by atoms with Crippen LogP contribution < -0.4 is 15.5 Å². The van der Waals surface area contributed by atoms with E-state index in [1.807, 2.05) is 53.4 Å². The summed E-state index contributed by atoms with van der Waals surface area (Å²) >= 11 is 0. The number of aliphatic carboxylic acids is 2. The first-order valence-corrected chi connectivity index (χ1v) is 13.4. The van der Waals surface area contributed by atoms with Crippen LogP contribution in [0.2, 0.25) is 0 Å². The van der Waals surface area contributed by atoms with Crippen molar-refractivity contribution < 1.29 is 37.8 Å². The molecule has 0 saturated heterocycles. The van der Waals surface area contributed by atoms with E-state index in [1.165, 1.54) is 0 Å². The molecule has 0 saturated carbocycles. The lowest BCUT2D eigenvalue weighted by molar-refractivity contribution is -0.192. The number of hydrogen-bond donors (Lipinski definition) is 5. The maximum Gasteiger partial charge on any atom is 0.490 e. The Kier molecular flexibility index (Phi) is 11.5. The van der Waals surface area contributed by atoms with Gasteiger partial charge in [0.05, 0.1) is 17.5 Å². The predicted molar refractivity (Wildman–Crippen MR) is 148 cm³/mol. The Hall–Kier alpha value is -4.13. The van der Waals surface area contributed by atoms with Crippen molar-refractivity contribution in [2.45, 2.75) is 50.6 Å². The van der Waals surface area contributed by atoms with Crippen LogP contribution in [0.1, 0.15) is 50.0 Å². The van der Waals surface area contributed by atoms with Crippen LogP contribution in [0.15, 0.2) is 48.5 Å². The number of H-pyrrole nitrogens is 1. The lowest BCUT2D eigenvalue weighted by atomic mass is 9.91. The first kappa shape index (κ1) is 31.4. The number of carbonyl (C=O) groups excluding carboxylic acids is 1. The number of nitrogens with zero attached hydrogens (tertiary/aromatic N) is 2. The molecule has 13 heteroatoms. The minimum Gasteiger partial charge on any atom is -0.481 e. The van der Waals surface area contributed by atoms with E-state index in [0.717, 1.165) is 60.6 Å². The molecule has 222 valence electrons. The van der Waals surface area contributed by atoms with Crippen LogP contribution in [0.4, 0.5) is 24.8 Å². The molecule has 1 atom stereocenters. The number of nitrogens with one attached hydrogen (secondary N) is 3. The predicted octanol–water partition coefficient (Wildman–Crippen LogP) is 4.75. The SMILES string of the molecule is O=C(O)C(F)(F)F.O=C(O)CC1CCC(=O)N(CCNCCCCCNc2nc3ccccc3[nH]2)c2ccccc21. The summed E-state index contributed by atoms with van der Waals surface area (Å²) in [6.45, 7) is 3.07. The summed E-state index contributed by atoms with van der Waals surface area (Å²) in [5.74, 6) is -2.82. The van der Waals surface area contributed by atoms with Crippen molar-refractivity contribution in [3.63, 3.8) is 0 Å². The monoisotopic (exact) mass is 577 g/mol. The molecule has 4 rings (SSSR count). The zero-order valence-electron chi connectivity index (χ0n) is 22.4. The van der Waals surface area contributed by atoms with Crippen LogP contribution in [-0.2, 0) is 14.4 Å². The number of aromatic amines is 1. The molecule has 10 nitrogen and oxygen atoms in total. The van der Waals surface area contributed by atoms with Gasteiger partial charge < -0.3 is 30.7 Å². The molecule has 1 aromatic heterocycles. The highest BCUT2D eigenvalue weighted by atomic mass is 19.4. The number of rotatable bonds is 12. The third kappa shape index (κ3) is 9.78. The van der Waals surface area contributed by atoms with E-state index >= 15 is 0 Å². The van der Waals surface area contributed by atoms with Crippen molar-refractivity contribution >= 4 is 40.5 Å². The Morgan fingerprint density at radius 3 is 2.39 bits per heavy atom. The number of hydrogen-bond acceptors (Lipinski definition) is 6. The molecule has 0 bridgehead atoms. The number of para-hydroxylation sites is 3. The minimum absolute atomic E-state index is 0.0571. The number of amides is 1. The van der Waals surface area contributed by atoms with E-state index in [9.17, 15) is 27.9 Å². The average Bonchev–Trinajstić information content (AvgIpc) is 3.29. The number of carboxylic acid groups (broad SMARTS) is 2. The maximum absolute atomic E-state index is 12.8. The Labute approximate surface area is 235 Å². The third-order valence-corrected chi connectivity index (χ3v) is 6.56. The number of carbonyl (C=O) groups is 3. The molecule has 5 N–H and O–H groups in total. The molecule has 0 radical (unpaired) electrons. The van der Waals surface area contributed by atoms with Gasteiger partial charge in [-0.2, -0.15) is 13.2 Å². The fraction of sp³-hybridized carbons (Fsp3) is 0.429. The second kappa shape index (κ2) is 15.0. The van der Waals surface area contributed by atoms with E-state index in [0.29, 0.717) is 25.9 Å². The highest BCUT2D eigenvalue weighted by Gasteiger charge is 2.38. The molecule has 1 amide bonds. The number of imidazole rings is 1. The Morgan fingerprint density at radius 1 is 1.00 bits per heavy atom. The number of fused-ring (bicyclic) bond motifs is 2. The number of aromatic nitrogens is 2. The highest BCUT2D eigenvalue weighted by molar-refractivity contribution is 5.95. The van der Waals surface area contributed by atoms with Gasteiger partial charge in [-0.1, -0.05) is 36.8 Å². The standard InChI is InChI=1S/C26H33N5O3.C2HF3O2/c32-24-13-12-19(18-25(33)34)20-8-2-5-11-23(20)31(24)17-16-27-14-6-1-7-15-28-26-29-21-9-3-4-10-22(21)30-26;3-2(4,5)1(6)7/h2-5,8-11,19,27H,1,6-7,12-18H2,(H,33,34)(H2,28,29,30);(H,6,7). The number of benzene rings is 2. The van der Waals surface area contributed by atoms with Gasteiger partial charge in [0.25, 0.3) is 0 Å². The lowest BCUT2D eigenvalue weighted by Crippen LogP contribution is -2.36. The molecule has 1 unspecified atom stereocenters. The van der Waals surface area contributed by atoms with Gasteiger partial charge >= 0.3 is 18.1 Å². The Balaban J connectivity index is 0.000000587. The molecular formula is C28H34F3N5O5. The molecule has 2 aromatic carbocycles. The molecule has 0 aliphatic carbocycles. The van der Waals surface area contributed by atoms with Gasteiger partial charge in [-0.3, -0.25) is 9.59 Å². The van der Waals surface area contributed by atoms with Crippen LogP contribution in [0, 0.1) is 0 Å². The molecule has 3 aromatic rings. The summed E-state index contributed by atoms with van der Waals surface area (Å²) in [7, 11) is 0. The molecule has 1 aliphatic heterocycles. The molecule has 0 spiro atoms. The number of carboxylic acids is 2. The largest absolute Gasteiger partial charge is 0.490 e. The smallest absolute Gasteiger partial charge is 0.481 e. The van der Waals surface area contributed by atoms with Crippen LogP contribution in [0.3, 0.4) is 0 Å². The van der Waals surface area contributed by atoms with E-state index in [1.54, 1.807) is 0 Å². The summed E-state index contributed by atoms with van der Waals surface area (Å²) in [5, 5.41) is 23.2. The number of alkyl halides is 3. The van der Waals surface area contributed by atoms with Gasteiger partial charge in [0.1, 0.15) is 0 Å². The Morgan fingerprint density at radius 2 is 1.68 bits per heavy atom. The van der Waals surface area contributed by atoms with E-state index < -0.39 is 18.1 Å². The maximum atomic E-state index is 12.8. The number of halogens is 3. The highest BCUT2D eigenvalue weighted by Crippen LogP contribution is 2.36. The van der Waals surface area contributed by atoms with Crippen molar-refractivity contribution in [2.75, 3.05) is 36.4 Å². The molecule has 0 fully saturated rings. The number of unbranched alkanes of at least 4 members (excludes halogenated alkanes) is 2. The Bertz CT molecular complexity index is 1280. The van der Waals surface area contributed by atoms with Crippen LogP contribution in [-0.4, -0.2) is 70.4 Å². The summed E-state index contributed by atoms with van der Waals surface area (Å²) in [6, 6.07) is 15.7. The summed E-state index contributed by atoms with van der Waals surface area (Å²) in [4.78, 5) is 42.6. The third-order valence-electron chi connectivity index (χ3n) is 6.56. The fourth-order valence-corrected chi connectivity index (χ4v) is 4.58. The molecule has 2 heterocycles. The van der Waals surface area contributed by atoms with Crippen molar-refractivity contribution in [3.8, 4) is 0 Å². The average molecular weight is 578 g/mol. The summed E-state index contributed by atoms with van der Waals surface area (Å²) in [5.41, 5.74) is 3.83. The zero-order chi connectivity index (χ0) is 29.8. The topological polar surface area (TPSA) is 148 Å². The van der Waals surface area contributed by atoms with Gasteiger partial charge in [0, 0.05) is 31.7 Å². The zero-order valence-corrected chi connectivity index (χ0v) is 22.4. The van der Waals surface area contributed by atoms with Gasteiger partial charge in [-0.05, 0) is 55.5 Å². The van der Waals surface area contributed by atoms with Gasteiger partial charge in [-0.15, -0.1) is 0 Å². The quantitative estimate of drug-likeness (QED) is 0.194. The minimum atomic E-state index is -5.08. The second-order valence-electron chi connectivity index (χ2n) is 9.58. The summed E-state index contributed by atoms with van der Waals surface area (Å²) < 4.78 is 31.7. The van der Waals surface area contributed by atoms with Crippen LogP contribution in [0.25, 0.3) is 11.0 Å². The van der Waals surface area contributed by atoms with E-state index in [2.05, 4.69) is 20.6 Å². The number of anilines is 2. The first-order valence-electron chi connectivity index (χ1n) is 13.4. The summed E-state index contributed by atoms with van der Waals surface area (Å²) in [6.07, 6.45) is -0.849. The van der Waals surface area contributed by atoms with Crippen LogP contribution >= 0.6 is 0 Å².